The summed E-state index contributed by atoms with van der Waals surface area (Å²) >= 11 is 0. The molecule has 0 saturated heterocycles. The maximum absolute atomic E-state index is 5.81. The van der Waals surface area contributed by atoms with Crippen LogP contribution in [0.1, 0.15) is 43.8 Å². The molecule has 10 heteroatoms. The molecular weight excluding hydrogens is 478 g/mol. The van der Waals surface area contributed by atoms with Gasteiger partial charge in [-0.15, -0.1) is 0 Å². The third kappa shape index (κ3) is 7.65. The van der Waals surface area contributed by atoms with Crippen LogP contribution in [0.5, 0.6) is 0 Å². The third-order valence-corrected chi connectivity index (χ3v) is 4.94. The van der Waals surface area contributed by atoms with E-state index in [9.17, 15) is 0 Å². The molecule has 2 aromatic carbocycles. The van der Waals surface area contributed by atoms with Crippen LogP contribution in [0.25, 0.3) is 22.1 Å². The Kier molecular flexibility index (Phi) is 12.7. The van der Waals surface area contributed by atoms with Crippen LogP contribution in [-0.4, -0.2) is 19.9 Å². The number of nitrogens with one attached hydrogen (secondary N) is 2. The lowest BCUT2D eigenvalue weighted by molar-refractivity contribution is -0.00100. The first kappa shape index (κ1) is 29.1. The summed E-state index contributed by atoms with van der Waals surface area (Å²) in [7, 11) is 0. The summed E-state index contributed by atoms with van der Waals surface area (Å²) in [6.45, 7) is 0. The molecule has 0 bridgehead atoms. The highest BCUT2D eigenvalue weighted by atomic mass is 35.5. The number of benzene rings is 2. The van der Waals surface area contributed by atoms with Crippen molar-refractivity contribution in [1.82, 2.24) is 19.9 Å². The number of fused-ring (bicyclic) bond motifs is 2. The van der Waals surface area contributed by atoms with Crippen molar-refractivity contribution in [2.45, 2.75) is 44.9 Å². The van der Waals surface area contributed by atoms with E-state index in [1.807, 2.05) is 36.4 Å². The van der Waals surface area contributed by atoms with Crippen molar-refractivity contribution in [3.63, 3.8) is 0 Å². The number of aromatic nitrogens is 4. The predicted octanol–water partition coefficient (Wildman–Crippen LogP) is -7.64. The minimum Gasteiger partial charge on any atom is -1.00 e. The maximum atomic E-state index is 5.81. The lowest BCUT2D eigenvalue weighted by Crippen LogP contribution is -3.00. The van der Waals surface area contributed by atoms with E-state index in [1.165, 1.54) is 19.3 Å². The minimum atomic E-state index is 0. The fourth-order valence-electron chi connectivity index (χ4n) is 3.51. The molecule has 0 unspecified atom stereocenters. The molecule has 0 saturated carbocycles. The lowest BCUT2D eigenvalue weighted by Gasteiger charge is -2.00. The Bertz CT molecular complexity index is 979. The average molecular weight is 504 g/mol. The molecular formula is C21H26Cl4N6-4. The number of nitrogens with two attached hydrogens (primary N) is 2. The van der Waals surface area contributed by atoms with Gasteiger partial charge in [0.1, 0.15) is 11.6 Å². The second-order valence-corrected chi connectivity index (χ2v) is 7.19. The SMILES string of the molecule is Nc1ccc2nc(CCCCCCCc3nc4ccc(N)cc4[nH]3)[nH]c2c1.[Cl-].[Cl-].[Cl-].[Cl-]. The Balaban J connectivity index is 0.00000225. The number of hydrogen-bond donors (Lipinski definition) is 4. The first-order chi connectivity index (χ1) is 13.2. The molecule has 0 amide bonds. The van der Waals surface area contributed by atoms with Crippen LogP contribution in [-0.2, 0) is 12.8 Å². The maximum Gasteiger partial charge on any atom is 0.107 e. The van der Waals surface area contributed by atoms with Gasteiger partial charge in [0.2, 0.25) is 0 Å². The molecule has 0 aliphatic rings. The largest absolute Gasteiger partial charge is 1.00 e. The normalized spacial score (nSPS) is 10.1. The van der Waals surface area contributed by atoms with Crippen molar-refractivity contribution in [3.8, 4) is 0 Å². The molecule has 31 heavy (non-hydrogen) atoms. The summed E-state index contributed by atoms with van der Waals surface area (Å²) in [5, 5.41) is 0. The highest BCUT2D eigenvalue weighted by molar-refractivity contribution is 5.79. The van der Waals surface area contributed by atoms with Crippen LogP contribution in [0, 0.1) is 0 Å². The summed E-state index contributed by atoms with van der Waals surface area (Å²) in [5.74, 6) is 2.11. The Hall–Kier alpha value is -1.86. The molecule has 4 rings (SSSR count). The van der Waals surface area contributed by atoms with Gasteiger partial charge in [-0.1, -0.05) is 19.3 Å². The van der Waals surface area contributed by atoms with Gasteiger partial charge < -0.3 is 71.1 Å². The first-order valence-corrected chi connectivity index (χ1v) is 9.65. The van der Waals surface area contributed by atoms with Crippen LogP contribution in [0.4, 0.5) is 11.4 Å². The number of nitrogen functional groups attached to an aromatic ring is 2. The van der Waals surface area contributed by atoms with Gasteiger partial charge in [-0.05, 0) is 49.2 Å². The van der Waals surface area contributed by atoms with E-state index in [4.69, 9.17) is 11.5 Å². The second-order valence-electron chi connectivity index (χ2n) is 7.19. The monoisotopic (exact) mass is 502 g/mol. The van der Waals surface area contributed by atoms with Crippen LogP contribution in [0.3, 0.4) is 0 Å². The molecule has 0 radical (unpaired) electrons. The lowest BCUT2D eigenvalue weighted by atomic mass is 10.1. The van der Waals surface area contributed by atoms with Crippen LogP contribution in [0.2, 0.25) is 0 Å². The van der Waals surface area contributed by atoms with E-state index < -0.39 is 0 Å². The number of aryl methyl sites for hydroxylation is 2. The molecule has 0 aliphatic carbocycles. The number of nitrogens with zero attached hydrogens (tertiary/aromatic N) is 2. The Morgan fingerprint density at radius 3 is 1.39 bits per heavy atom. The zero-order chi connectivity index (χ0) is 18.6. The second kappa shape index (κ2) is 13.5. The van der Waals surface area contributed by atoms with E-state index in [2.05, 4.69) is 19.9 Å². The van der Waals surface area contributed by atoms with Gasteiger partial charge in [0, 0.05) is 24.2 Å². The van der Waals surface area contributed by atoms with Crippen LogP contribution < -0.4 is 61.1 Å². The summed E-state index contributed by atoms with van der Waals surface area (Å²) in [5.41, 5.74) is 17.2. The zero-order valence-electron chi connectivity index (χ0n) is 17.0. The Morgan fingerprint density at radius 2 is 0.968 bits per heavy atom. The molecule has 6 nitrogen and oxygen atoms in total. The molecule has 4 aromatic rings. The molecule has 0 aliphatic heterocycles. The number of aromatic amines is 2. The quantitative estimate of drug-likeness (QED) is 0.141. The van der Waals surface area contributed by atoms with Gasteiger partial charge in [-0.2, -0.15) is 0 Å². The number of imidazole rings is 2. The number of H-pyrrole nitrogens is 2. The zero-order valence-corrected chi connectivity index (χ0v) is 20.0. The van der Waals surface area contributed by atoms with Crippen molar-refractivity contribution in [1.29, 1.82) is 0 Å². The van der Waals surface area contributed by atoms with Crippen molar-refractivity contribution in [2.24, 2.45) is 0 Å². The standard InChI is InChI=1S/C21H26N6.4ClH/c22-14-8-10-16-18(12-14)26-20(24-16)6-4-2-1-3-5-7-21-25-17-11-9-15(23)13-19(17)27-21;;;;/h8-13H,1-7,22-23H2,(H,24,26)(H,25,27);4*1H/p-4. The van der Waals surface area contributed by atoms with Crippen molar-refractivity contribution >= 4 is 33.4 Å². The molecule has 0 fully saturated rings. The topological polar surface area (TPSA) is 109 Å². The molecule has 172 valence electrons. The summed E-state index contributed by atoms with van der Waals surface area (Å²) < 4.78 is 0. The van der Waals surface area contributed by atoms with Gasteiger partial charge in [0.15, 0.2) is 0 Å². The number of unbranched alkanes of at least 4 members (excludes halogenated alkanes) is 4. The molecule has 6 N–H and O–H groups in total. The van der Waals surface area contributed by atoms with Gasteiger partial charge in [0.25, 0.3) is 0 Å². The fourth-order valence-corrected chi connectivity index (χ4v) is 3.51. The van der Waals surface area contributed by atoms with E-state index in [-0.39, 0.29) is 49.6 Å². The Labute approximate surface area is 207 Å². The van der Waals surface area contributed by atoms with Crippen molar-refractivity contribution in [3.05, 3.63) is 48.0 Å². The van der Waals surface area contributed by atoms with Gasteiger partial charge >= 0.3 is 0 Å². The highest BCUT2D eigenvalue weighted by Gasteiger charge is 2.04. The minimum absolute atomic E-state index is 0. The van der Waals surface area contributed by atoms with Crippen molar-refractivity contribution in [2.75, 3.05) is 11.5 Å². The molecule has 2 aromatic heterocycles. The summed E-state index contributed by atoms with van der Waals surface area (Å²) in [6.07, 6.45) is 7.95. The van der Waals surface area contributed by atoms with Crippen LogP contribution in [0.15, 0.2) is 36.4 Å². The van der Waals surface area contributed by atoms with Gasteiger partial charge in [0.05, 0.1) is 22.1 Å². The number of hydrogen-bond acceptors (Lipinski definition) is 4. The van der Waals surface area contributed by atoms with Crippen molar-refractivity contribution < 1.29 is 49.6 Å². The molecule has 2 heterocycles. The number of rotatable bonds is 8. The predicted molar refractivity (Wildman–Crippen MR) is 112 cm³/mol. The van der Waals surface area contributed by atoms with E-state index in [0.29, 0.717) is 0 Å². The van der Waals surface area contributed by atoms with Gasteiger partial charge in [-0.25, -0.2) is 9.97 Å². The third-order valence-electron chi connectivity index (χ3n) is 4.94. The fraction of sp³-hybridized carbons (Fsp3) is 0.333. The highest BCUT2D eigenvalue weighted by Crippen LogP contribution is 2.18. The van der Waals surface area contributed by atoms with E-state index in [0.717, 1.165) is 70.8 Å². The summed E-state index contributed by atoms with van der Waals surface area (Å²) in [4.78, 5) is 16.0. The van der Waals surface area contributed by atoms with E-state index >= 15 is 0 Å². The van der Waals surface area contributed by atoms with E-state index in [1.54, 1.807) is 0 Å². The summed E-state index contributed by atoms with van der Waals surface area (Å²) in [6, 6.07) is 11.6. The smallest absolute Gasteiger partial charge is 0.107 e. The molecule has 0 spiro atoms. The number of halogens is 4. The Morgan fingerprint density at radius 1 is 0.581 bits per heavy atom. The molecule has 0 atom stereocenters. The van der Waals surface area contributed by atoms with Crippen LogP contribution >= 0.6 is 0 Å². The first-order valence-electron chi connectivity index (χ1n) is 9.65. The average Bonchev–Trinajstić information content (AvgIpc) is 3.23. The van der Waals surface area contributed by atoms with Gasteiger partial charge in [-0.3, -0.25) is 0 Å². The number of anilines is 2.